The minimum Gasteiger partial charge on any atom is -0.455 e. The molecule has 2 aromatic carbocycles. The van der Waals surface area contributed by atoms with E-state index in [0.717, 1.165) is 0 Å². The highest BCUT2D eigenvalue weighted by Gasteiger charge is 2.27. The van der Waals surface area contributed by atoms with Gasteiger partial charge in [0.2, 0.25) is 10.0 Å². The molecular formula is C22H20FN3O5S. The van der Waals surface area contributed by atoms with Crippen LogP contribution in [0.15, 0.2) is 71.9 Å². The summed E-state index contributed by atoms with van der Waals surface area (Å²) >= 11 is 0. The summed E-state index contributed by atoms with van der Waals surface area (Å²) in [6, 6.07) is 12.6. The number of nitrogens with zero attached hydrogens (tertiary/aromatic N) is 2. The second kappa shape index (κ2) is 9.43. The summed E-state index contributed by atoms with van der Waals surface area (Å²) in [7, 11) is -3.79. The second-order valence-corrected chi connectivity index (χ2v) is 8.86. The van der Waals surface area contributed by atoms with Crippen molar-refractivity contribution in [3.8, 4) is 11.5 Å². The number of benzene rings is 2. The fourth-order valence-corrected chi connectivity index (χ4v) is 4.55. The second-order valence-electron chi connectivity index (χ2n) is 6.92. The van der Waals surface area contributed by atoms with Crippen molar-refractivity contribution in [3.05, 3.63) is 78.4 Å². The first-order chi connectivity index (χ1) is 15.4. The topological polar surface area (TPSA) is 97.8 Å². The Hall–Kier alpha value is -3.34. The van der Waals surface area contributed by atoms with Gasteiger partial charge in [-0.05, 0) is 54.6 Å². The van der Waals surface area contributed by atoms with E-state index in [0.29, 0.717) is 24.5 Å². The number of hydrogen-bond acceptors (Lipinski definition) is 6. The Morgan fingerprint density at radius 2 is 1.72 bits per heavy atom. The molecule has 4 rings (SSSR count). The molecule has 1 aromatic heterocycles. The number of hydrogen-bond donors (Lipinski definition) is 1. The van der Waals surface area contributed by atoms with Gasteiger partial charge in [0.25, 0.3) is 5.91 Å². The van der Waals surface area contributed by atoms with Crippen LogP contribution in [-0.2, 0) is 14.8 Å². The Labute approximate surface area is 184 Å². The maximum absolute atomic E-state index is 13.2. The number of anilines is 1. The minimum atomic E-state index is -3.79. The largest absolute Gasteiger partial charge is 0.455 e. The maximum Gasteiger partial charge on any atom is 0.255 e. The Morgan fingerprint density at radius 3 is 2.41 bits per heavy atom. The van der Waals surface area contributed by atoms with Crippen molar-refractivity contribution >= 4 is 21.6 Å². The monoisotopic (exact) mass is 457 g/mol. The van der Waals surface area contributed by atoms with Crippen LogP contribution in [0.1, 0.15) is 10.4 Å². The molecule has 10 heteroatoms. The van der Waals surface area contributed by atoms with Gasteiger partial charge in [-0.2, -0.15) is 4.31 Å². The lowest BCUT2D eigenvalue weighted by Gasteiger charge is -2.26. The van der Waals surface area contributed by atoms with Crippen LogP contribution in [0.25, 0.3) is 0 Å². The number of ether oxygens (including phenoxy) is 2. The Kier molecular flexibility index (Phi) is 6.45. The molecule has 1 N–H and O–H groups in total. The highest BCUT2D eigenvalue weighted by molar-refractivity contribution is 7.89. The third kappa shape index (κ3) is 4.93. The first kappa shape index (κ1) is 21.9. The number of carbonyl (C=O) groups excluding carboxylic acids is 1. The van der Waals surface area contributed by atoms with Crippen LogP contribution in [-0.4, -0.2) is 49.9 Å². The molecule has 1 amide bonds. The fraction of sp³-hybridized carbons (Fsp3) is 0.182. The molecule has 0 spiro atoms. The van der Waals surface area contributed by atoms with Crippen molar-refractivity contribution in [3.63, 3.8) is 0 Å². The van der Waals surface area contributed by atoms with Gasteiger partial charge in [-0.25, -0.2) is 12.8 Å². The van der Waals surface area contributed by atoms with Gasteiger partial charge in [-0.15, -0.1) is 0 Å². The smallest absolute Gasteiger partial charge is 0.255 e. The number of rotatable bonds is 6. The van der Waals surface area contributed by atoms with Gasteiger partial charge >= 0.3 is 0 Å². The lowest BCUT2D eigenvalue weighted by molar-refractivity contribution is 0.0730. The van der Waals surface area contributed by atoms with Crippen LogP contribution in [0, 0.1) is 5.82 Å². The van der Waals surface area contributed by atoms with Crippen LogP contribution < -0.4 is 10.1 Å². The number of nitrogens with one attached hydrogen (secondary N) is 1. The van der Waals surface area contributed by atoms with Gasteiger partial charge in [0, 0.05) is 31.0 Å². The lowest BCUT2D eigenvalue weighted by Crippen LogP contribution is -2.40. The van der Waals surface area contributed by atoms with Crippen molar-refractivity contribution in [1.82, 2.24) is 9.29 Å². The normalized spacial score (nSPS) is 14.7. The van der Waals surface area contributed by atoms with Crippen LogP contribution in [0.4, 0.5) is 10.1 Å². The third-order valence-corrected chi connectivity index (χ3v) is 6.69. The van der Waals surface area contributed by atoms with Gasteiger partial charge < -0.3 is 14.8 Å². The van der Waals surface area contributed by atoms with Crippen LogP contribution >= 0.6 is 0 Å². The number of morpholine rings is 1. The van der Waals surface area contributed by atoms with Crippen molar-refractivity contribution in [1.29, 1.82) is 0 Å². The molecule has 1 aliphatic heterocycles. The molecular weight excluding hydrogens is 437 g/mol. The molecule has 32 heavy (non-hydrogen) atoms. The average molecular weight is 457 g/mol. The highest BCUT2D eigenvalue weighted by atomic mass is 32.2. The van der Waals surface area contributed by atoms with Crippen LogP contribution in [0.5, 0.6) is 11.5 Å². The van der Waals surface area contributed by atoms with E-state index in [1.807, 2.05) is 0 Å². The summed E-state index contributed by atoms with van der Waals surface area (Å²) in [6.07, 6.45) is 2.95. The quantitative estimate of drug-likeness (QED) is 0.610. The van der Waals surface area contributed by atoms with Crippen molar-refractivity contribution < 1.29 is 27.1 Å². The lowest BCUT2D eigenvalue weighted by atomic mass is 10.2. The van der Waals surface area contributed by atoms with E-state index >= 15 is 0 Å². The van der Waals surface area contributed by atoms with Crippen LogP contribution in [0.3, 0.4) is 0 Å². The number of sulfonamides is 1. The summed E-state index contributed by atoms with van der Waals surface area (Å²) in [5.41, 5.74) is 0.500. The SMILES string of the molecule is O=C(Nc1cc(S(=O)(=O)N2CCOCC2)ccc1Oc1ccc(F)cc1)c1ccncc1. The summed E-state index contributed by atoms with van der Waals surface area (Å²) < 4.78 is 51.7. The van der Waals surface area contributed by atoms with Crippen molar-refractivity contribution in [2.24, 2.45) is 0 Å². The highest BCUT2D eigenvalue weighted by Crippen LogP contribution is 2.33. The standard InChI is InChI=1S/C22H20FN3O5S/c23-17-1-3-18(4-2-17)31-21-6-5-19(32(28,29)26-11-13-30-14-12-26)15-20(21)25-22(27)16-7-9-24-10-8-16/h1-10,15H,11-14H2,(H,25,27). The molecule has 0 atom stereocenters. The average Bonchev–Trinajstić information content (AvgIpc) is 2.82. The molecule has 1 aliphatic rings. The number of carbonyl (C=O) groups is 1. The van der Waals surface area contributed by atoms with Crippen LogP contribution in [0.2, 0.25) is 0 Å². The zero-order valence-electron chi connectivity index (χ0n) is 16.9. The van der Waals surface area contributed by atoms with E-state index in [4.69, 9.17) is 9.47 Å². The van der Waals surface area contributed by atoms with Gasteiger partial charge in [0.05, 0.1) is 23.8 Å². The Bertz CT molecular complexity index is 1200. The van der Waals surface area contributed by atoms with E-state index in [9.17, 15) is 17.6 Å². The fourth-order valence-electron chi connectivity index (χ4n) is 3.12. The summed E-state index contributed by atoms with van der Waals surface area (Å²) in [5.74, 6) is -0.345. The Balaban J connectivity index is 1.69. The molecule has 0 bridgehead atoms. The third-order valence-electron chi connectivity index (χ3n) is 4.79. The molecule has 166 valence electrons. The molecule has 1 fully saturated rings. The molecule has 1 saturated heterocycles. The summed E-state index contributed by atoms with van der Waals surface area (Å²) in [4.78, 5) is 16.6. The van der Waals surface area contributed by atoms with E-state index < -0.39 is 21.7 Å². The molecule has 8 nitrogen and oxygen atoms in total. The predicted molar refractivity (Wildman–Crippen MR) is 115 cm³/mol. The van der Waals surface area contributed by atoms with Gasteiger partial charge in [-0.1, -0.05) is 0 Å². The zero-order chi connectivity index (χ0) is 22.6. The first-order valence-electron chi connectivity index (χ1n) is 9.80. The van der Waals surface area contributed by atoms with Gasteiger partial charge in [0.1, 0.15) is 11.6 Å². The van der Waals surface area contributed by atoms with E-state index in [-0.39, 0.29) is 29.4 Å². The minimum absolute atomic E-state index is 0.0101. The van der Waals surface area contributed by atoms with E-state index in [1.165, 1.54) is 71.3 Å². The number of pyridine rings is 1. The van der Waals surface area contributed by atoms with Crippen molar-refractivity contribution in [2.75, 3.05) is 31.6 Å². The number of aromatic nitrogens is 1. The van der Waals surface area contributed by atoms with Crippen molar-refractivity contribution in [2.45, 2.75) is 4.90 Å². The van der Waals surface area contributed by atoms with Gasteiger partial charge in [0.15, 0.2) is 5.75 Å². The van der Waals surface area contributed by atoms with E-state index in [1.54, 1.807) is 0 Å². The predicted octanol–water partition coefficient (Wildman–Crippen LogP) is 3.29. The van der Waals surface area contributed by atoms with E-state index in [2.05, 4.69) is 10.3 Å². The molecule has 0 aliphatic carbocycles. The molecule has 0 unspecified atom stereocenters. The molecule has 2 heterocycles. The first-order valence-corrected chi connectivity index (χ1v) is 11.2. The summed E-state index contributed by atoms with van der Waals surface area (Å²) in [6.45, 7) is 1.12. The summed E-state index contributed by atoms with van der Waals surface area (Å²) in [5, 5.41) is 2.70. The number of amides is 1. The Morgan fingerprint density at radius 1 is 1.03 bits per heavy atom. The zero-order valence-corrected chi connectivity index (χ0v) is 17.7. The number of halogens is 1. The molecule has 3 aromatic rings. The van der Waals surface area contributed by atoms with Gasteiger partial charge in [-0.3, -0.25) is 9.78 Å². The maximum atomic E-state index is 13.2. The molecule has 0 saturated carbocycles. The molecule has 0 radical (unpaired) electrons.